The molecule has 0 aliphatic carbocycles. The quantitative estimate of drug-likeness (QED) is 0.410. The Morgan fingerprint density at radius 1 is 1.18 bits per heavy atom. The molecule has 0 heterocycles. The minimum atomic E-state index is -1.27. The van der Waals surface area contributed by atoms with Crippen LogP contribution in [0.4, 0.5) is 18.9 Å². The molecule has 1 rings (SSSR count). The predicted molar refractivity (Wildman–Crippen MR) is 38.4 cm³/mol. The van der Waals surface area contributed by atoms with Gasteiger partial charge in [0.1, 0.15) is 0 Å². The summed E-state index contributed by atoms with van der Waals surface area (Å²) in [5.74, 6) is -3.42. The lowest BCUT2D eigenvalue weighted by Crippen LogP contribution is -1.97. The molecule has 0 fully saturated rings. The van der Waals surface area contributed by atoms with Crippen LogP contribution in [0.15, 0.2) is 10.5 Å². The maximum atomic E-state index is 12.6. The van der Waals surface area contributed by atoms with E-state index in [0.717, 1.165) is 0 Å². The summed E-state index contributed by atoms with van der Waals surface area (Å²) in [6.45, 7) is 0. The SMILES string of the molecule is Nc1cc(F)c(F)c(Br)c1F. The number of halogens is 4. The first kappa shape index (κ1) is 8.39. The molecule has 0 radical (unpaired) electrons. The second-order valence-corrected chi connectivity index (χ2v) is 2.68. The molecule has 0 aliphatic rings. The highest BCUT2D eigenvalue weighted by molar-refractivity contribution is 9.10. The average Bonchev–Trinajstić information content (AvgIpc) is 1.97. The molecule has 0 amide bonds. The van der Waals surface area contributed by atoms with Gasteiger partial charge < -0.3 is 5.73 Å². The van der Waals surface area contributed by atoms with Gasteiger partial charge in [0.2, 0.25) is 0 Å². The summed E-state index contributed by atoms with van der Waals surface area (Å²) in [4.78, 5) is 0. The summed E-state index contributed by atoms with van der Waals surface area (Å²) in [6.07, 6.45) is 0. The molecule has 0 spiro atoms. The number of benzene rings is 1. The van der Waals surface area contributed by atoms with Gasteiger partial charge in [-0.15, -0.1) is 0 Å². The fourth-order valence-corrected chi connectivity index (χ4v) is 1.01. The summed E-state index contributed by atoms with van der Waals surface area (Å²) in [5, 5.41) is 0. The summed E-state index contributed by atoms with van der Waals surface area (Å²) >= 11 is 2.51. The molecule has 2 N–H and O–H groups in total. The Morgan fingerprint density at radius 2 is 1.73 bits per heavy atom. The third-order valence-corrected chi connectivity index (χ3v) is 1.83. The normalized spacial score (nSPS) is 10.2. The fraction of sp³-hybridized carbons (Fsp3) is 0. The lowest BCUT2D eigenvalue weighted by atomic mass is 10.3. The summed E-state index contributed by atoms with van der Waals surface area (Å²) in [7, 11) is 0. The van der Waals surface area contributed by atoms with Crippen LogP contribution in [0.2, 0.25) is 0 Å². The Hall–Kier alpha value is -0.710. The number of hydrogen-bond donors (Lipinski definition) is 1. The van der Waals surface area contributed by atoms with Gasteiger partial charge in [-0.1, -0.05) is 0 Å². The molecule has 11 heavy (non-hydrogen) atoms. The van der Waals surface area contributed by atoms with Crippen LogP contribution in [-0.4, -0.2) is 0 Å². The molecule has 0 bridgehead atoms. The second-order valence-electron chi connectivity index (χ2n) is 1.89. The van der Waals surface area contributed by atoms with E-state index in [4.69, 9.17) is 5.73 Å². The van der Waals surface area contributed by atoms with Gasteiger partial charge in [-0.25, -0.2) is 13.2 Å². The van der Waals surface area contributed by atoms with E-state index in [0.29, 0.717) is 6.07 Å². The van der Waals surface area contributed by atoms with E-state index >= 15 is 0 Å². The molecule has 1 aromatic carbocycles. The van der Waals surface area contributed by atoms with Crippen molar-refractivity contribution < 1.29 is 13.2 Å². The molecule has 1 aromatic rings. The van der Waals surface area contributed by atoms with E-state index in [9.17, 15) is 13.2 Å². The molecule has 0 aliphatic heterocycles. The van der Waals surface area contributed by atoms with Gasteiger partial charge in [0.05, 0.1) is 10.2 Å². The first-order valence-corrected chi connectivity index (χ1v) is 3.41. The van der Waals surface area contributed by atoms with Crippen molar-refractivity contribution in [1.29, 1.82) is 0 Å². The second kappa shape index (κ2) is 2.73. The maximum Gasteiger partial charge on any atom is 0.176 e. The molecule has 5 heteroatoms. The van der Waals surface area contributed by atoms with E-state index in [1.807, 2.05) is 0 Å². The molecule has 60 valence electrons. The van der Waals surface area contributed by atoms with Crippen molar-refractivity contribution in [3.63, 3.8) is 0 Å². The van der Waals surface area contributed by atoms with Crippen LogP contribution in [0.25, 0.3) is 0 Å². The zero-order chi connectivity index (χ0) is 8.59. The van der Waals surface area contributed by atoms with E-state index in [1.54, 1.807) is 0 Å². The van der Waals surface area contributed by atoms with E-state index < -0.39 is 27.6 Å². The Labute approximate surface area is 69.1 Å². The molecule has 0 saturated heterocycles. The van der Waals surface area contributed by atoms with Crippen LogP contribution in [0, 0.1) is 17.5 Å². The summed E-state index contributed by atoms with van der Waals surface area (Å²) in [6, 6.07) is 0.593. The average molecular weight is 226 g/mol. The fourth-order valence-electron chi connectivity index (χ4n) is 0.591. The molecular formula is C6H3BrF3N. The number of hydrogen-bond acceptors (Lipinski definition) is 1. The Bertz CT molecular complexity index is 274. The van der Waals surface area contributed by atoms with Crippen LogP contribution < -0.4 is 5.73 Å². The van der Waals surface area contributed by atoms with Gasteiger partial charge >= 0.3 is 0 Å². The molecule has 0 atom stereocenters. The predicted octanol–water partition coefficient (Wildman–Crippen LogP) is 2.45. The Balaban J connectivity index is 3.46. The molecule has 1 nitrogen and oxygen atoms in total. The summed E-state index contributed by atoms with van der Waals surface area (Å²) < 4.78 is 36.8. The molecule has 0 saturated carbocycles. The third-order valence-electron chi connectivity index (χ3n) is 1.13. The lowest BCUT2D eigenvalue weighted by Gasteiger charge is -2.00. The zero-order valence-electron chi connectivity index (χ0n) is 5.17. The van der Waals surface area contributed by atoms with Crippen molar-refractivity contribution in [2.45, 2.75) is 0 Å². The summed E-state index contributed by atoms with van der Waals surface area (Å²) in [5.41, 5.74) is 4.56. The van der Waals surface area contributed by atoms with Crippen molar-refractivity contribution in [1.82, 2.24) is 0 Å². The van der Waals surface area contributed by atoms with Gasteiger partial charge in [-0.2, -0.15) is 0 Å². The lowest BCUT2D eigenvalue weighted by molar-refractivity contribution is 0.489. The van der Waals surface area contributed by atoms with E-state index in [2.05, 4.69) is 15.9 Å². The van der Waals surface area contributed by atoms with Gasteiger partial charge in [0, 0.05) is 6.07 Å². The van der Waals surface area contributed by atoms with Crippen LogP contribution in [0.1, 0.15) is 0 Å². The van der Waals surface area contributed by atoms with Crippen LogP contribution in [0.3, 0.4) is 0 Å². The van der Waals surface area contributed by atoms with Crippen molar-refractivity contribution in [2.24, 2.45) is 0 Å². The highest BCUT2D eigenvalue weighted by atomic mass is 79.9. The van der Waals surface area contributed by atoms with Crippen molar-refractivity contribution >= 4 is 21.6 Å². The first-order chi connectivity index (χ1) is 5.04. The number of nitrogens with two attached hydrogens (primary N) is 1. The standard InChI is InChI=1S/C6H3BrF3N/c7-4-5(9)2(8)1-3(11)6(4)10/h1H,11H2. The minimum absolute atomic E-state index is 0.421. The maximum absolute atomic E-state index is 12.6. The Kier molecular flexibility index (Phi) is 2.08. The van der Waals surface area contributed by atoms with Crippen molar-refractivity contribution in [3.8, 4) is 0 Å². The topological polar surface area (TPSA) is 26.0 Å². The van der Waals surface area contributed by atoms with Gasteiger partial charge in [-0.05, 0) is 15.9 Å². The Morgan fingerprint density at radius 3 is 2.27 bits per heavy atom. The smallest absolute Gasteiger partial charge is 0.176 e. The zero-order valence-corrected chi connectivity index (χ0v) is 6.75. The minimum Gasteiger partial charge on any atom is -0.396 e. The molecule has 0 unspecified atom stereocenters. The van der Waals surface area contributed by atoms with Crippen molar-refractivity contribution in [3.05, 3.63) is 28.0 Å². The third kappa shape index (κ3) is 1.33. The number of rotatable bonds is 0. The van der Waals surface area contributed by atoms with E-state index in [-0.39, 0.29) is 0 Å². The van der Waals surface area contributed by atoms with Crippen LogP contribution >= 0.6 is 15.9 Å². The van der Waals surface area contributed by atoms with E-state index in [1.165, 1.54) is 0 Å². The van der Waals surface area contributed by atoms with Crippen molar-refractivity contribution in [2.75, 3.05) is 5.73 Å². The largest absolute Gasteiger partial charge is 0.396 e. The molecular weight excluding hydrogens is 223 g/mol. The van der Waals surface area contributed by atoms with Gasteiger partial charge in [-0.3, -0.25) is 0 Å². The monoisotopic (exact) mass is 225 g/mol. The van der Waals surface area contributed by atoms with Gasteiger partial charge in [0.25, 0.3) is 0 Å². The van der Waals surface area contributed by atoms with Crippen LogP contribution in [-0.2, 0) is 0 Å². The van der Waals surface area contributed by atoms with Crippen LogP contribution in [0.5, 0.6) is 0 Å². The highest BCUT2D eigenvalue weighted by Gasteiger charge is 2.14. The highest BCUT2D eigenvalue weighted by Crippen LogP contribution is 2.26. The number of nitrogen functional groups attached to an aromatic ring is 1. The molecule has 0 aromatic heterocycles. The number of anilines is 1. The van der Waals surface area contributed by atoms with Gasteiger partial charge in [0.15, 0.2) is 17.5 Å². The first-order valence-electron chi connectivity index (χ1n) is 2.62.